The smallest absolute Gasteiger partial charge is 0.0637 e. The van der Waals surface area contributed by atoms with Gasteiger partial charge in [0.05, 0.1) is 6.61 Å². The van der Waals surface area contributed by atoms with Crippen molar-refractivity contribution in [3.63, 3.8) is 0 Å². The van der Waals surface area contributed by atoms with E-state index in [4.69, 9.17) is 4.74 Å². The van der Waals surface area contributed by atoms with Crippen molar-refractivity contribution in [2.45, 2.75) is 58.5 Å². The Balaban J connectivity index is 2.69. The lowest BCUT2D eigenvalue weighted by molar-refractivity contribution is 0.0284. The van der Waals surface area contributed by atoms with Crippen molar-refractivity contribution < 1.29 is 4.74 Å². The van der Waals surface area contributed by atoms with Gasteiger partial charge in [0.25, 0.3) is 0 Å². The van der Waals surface area contributed by atoms with Crippen molar-refractivity contribution in [1.29, 1.82) is 0 Å². The van der Waals surface area contributed by atoms with Gasteiger partial charge in [0.1, 0.15) is 0 Å². The number of nitrogens with zero attached hydrogens (tertiary/aromatic N) is 1. The highest BCUT2D eigenvalue weighted by Gasteiger charge is 2.38. The molecule has 1 heterocycles. The second-order valence-electron chi connectivity index (χ2n) is 5.17. The van der Waals surface area contributed by atoms with Gasteiger partial charge < -0.3 is 10.1 Å². The third-order valence-electron chi connectivity index (χ3n) is 4.23. The first-order valence-corrected chi connectivity index (χ1v) is 7.25. The number of ether oxygens (including phenoxy) is 1. The summed E-state index contributed by atoms with van der Waals surface area (Å²) in [7, 11) is 0. The molecule has 0 aromatic rings. The third-order valence-corrected chi connectivity index (χ3v) is 4.23. The average molecular weight is 242 g/mol. The zero-order valence-corrected chi connectivity index (χ0v) is 12.1. The topological polar surface area (TPSA) is 24.5 Å². The Morgan fingerprint density at radius 2 is 1.88 bits per heavy atom. The van der Waals surface area contributed by atoms with E-state index >= 15 is 0 Å². The van der Waals surface area contributed by atoms with Crippen molar-refractivity contribution in [3.05, 3.63) is 0 Å². The SMILES string of the molecule is CCNC(COCC)C(C)(CC)N1CCCC1. The van der Waals surface area contributed by atoms with Crippen LogP contribution in [0.15, 0.2) is 0 Å². The standard InChI is InChI=1S/C14H30N2O/c1-5-14(4,16-10-8-9-11-16)13(15-6-2)12-17-7-3/h13,15H,5-12H2,1-4H3. The van der Waals surface area contributed by atoms with Crippen molar-refractivity contribution in [3.8, 4) is 0 Å². The van der Waals surface area contributed by atoms with E-state index in [1.54, 1.807) is 0 Å². The van der Waals surface area contributed by atoms with Crippen molar-refractivity contribution in [2.24, 2.45) is 0 Å². The lowest BCUT2D eigenvalue weighted by Crippen LogP contribution is -2.60. The molecular formula is C14H30N2O. The first-order chi connectivity index (χ1) is 8.19. The molecule has 1 aliphatic rings. The van der Waals surface area contributed by atoms with Gasteiger partial charge in [0.15, 0.2) is 0 Å². The van der Waals surface area contributed by atoms with Gasteiger partial charge in [-0.25, -0.2) is 0 Å². The molecule has 0 amide bonds. The number of likely N-dealkylation sites (N-methyl/N-ethyl adjacent to an activating group) is 1. The number of nitrogens with one attached hydrogen (secondary N) is 1. The van der Waals surface area contributed by atoms with Crippen LogP contribution in [0.1, 0.15) is 47.0 Å². The molecule has 0 aliphatic carbocycles. The maximum atomic E-state index is 5.67. The molecule has 102 valence electrons. The Morgan fingerprint density at radius 3 is 2.35 bits per heavy atom. The van der Waals surface area contributed by atoms with E-state index in [1.807, 2.05) is 0 Å². The molecule has 3 nitrogen and oxygen atoms in total. The van der Waals surface area contributed by atoms with E-state index in [0.29, 0.717) is 6.04 Å². The molecular weight excluding hydrogens is 212 g/mol. The summed E-state index contributed by atoms with van der Waals surface area (Å²) in [4.78, 5) is 2.65. The summed E-state index contributed by atoms with van der Waals surface area (Å²) in [6, 6.07) is 0.440. The molecule has 0 aromatic heterocycles. The van der Waals surface area contributed by atoms with Gasteiger partial charge in [-0.1, -0.05) is 13.8 Å². The summed E-state index contributed by atoms with van der Waals surface area (Å²) >= 11 is 0. The maximum Gasteiger partial charge on any atom is 0.0637 e. The molecule has 1 fully saturated rings. The highest BCUT2D eigenvalue weighted by Crippen LogP contribution is 2.28. The summed E-state index contributed by atoms with van der Waals surface area (Å²) in [5.41, 5.74) is 0.238. The number of hydrogen-bond acceptors (Lipinski definition) is 3. The number of hydrogen-bond donors (Lipinski definition) is 1. The molecule has 2 atom stereocenters. The Morgan fingerprint density at radius 1 is 1.24 bits per heavy atom. The summed E-state index contributed by atoms with van der Waals surface area (Å²) in [5.74, 6) is 0. The maximum absolute atomic E-state index is 5.67. The fraction of sp³-hybridized carbons (Fsp3) is 1.00. The van der Waals surface area contributed by atoms with Crippen LogP contribution in [0.2, 0.25) is 0 Å². The Kier molecular flexibility index (Phi) is 6.45. The van der Waals surface area contributed by atoms with Crippen LogP contribution in [0.25, 0.3) is 0 Å². The largest absolute Gasteiger partial charge is 0.380 e. The molecule has 2 unspecified atom stereocenters. The van der Waals surface area contributed by atoms with Gasteiger partial charge >= 0.3 is 0 Å². The zero-order chi connectivity index (χ0) is 12.7. The summed E-state index contributed by atoms with van der Waals surface area (Å²) in [6.07, 6.45) is 3.88. The zero-order valence-electron chi connectivity index (χ0n) is 12.1. The van der Waals surface area contributed by atoms with Crippen LogP contribution in [0, 0.1) is 0 Å². The Bertz CT molecular complexity index is 204. The van der Waals surface area contributed by atoms with Crippen LogP contribution in [0.3, 0.4) is 0 Å². The molecule has 1 aliphatic heterocycles. The second-order valence-corrected chi connectivity index (χ2v) is 5.17. The van der Waals surface area contributed by atoms with Crippen LogP contribution >= 0.6 is 0 Å². The van der Waals surface area contributed by atoms with Crippen molar-refractivity contribution >= 4 is 0 Å². The highest BCUT2D eigenvalue weighted by molar-refractivity contribution is 4.97. The lowest BCUT2D eigenvalue weighted by atomic mass is 9.87. The van der Waals surface area contributed by atoms with Crippen LogP contribution in [0.5, 0.6) is 0 Å². The van der Waals surface area contributed by atoms with Gasteiger partial charge in [-0.3, -0.25) is 4.90 Å². The molecule has 0 bridgehead atoms. The van der Waals surface area contributed by atoms with Crippen LogP contribution < -0.4 is 5.32 Å². The molecule has 0 aromatic carbocycles. The monoisotopic (exact) mass is 242 g/mol. The predicted molar refractivity (Wildman–Crippen MR) is 73.5 cm³/mol. The van der Waals surface area contributed by atoms with E-state index in [0.717, 1.165) is 19.8 Å². The van der Waals surface area contributed by atoms with Crippen LogP contribution in [0.4, 0.5) is 0 Å². The molecule has 0 saturated carbocycles. The summed E-state index contributed by atoms with van der Waals surface area (Å²) in [6.45, 7) is 14.1. The third kappa shape index (κ3) is 3.67. The van der Waals surface area contributed by atoms with Gasteiger partial charge in [0.2, 0.25) is 0 Å². The van der Waals surface area contributed by atoms with Gasteiger partial charge in [0, 0.05) is 18.2 Å². The Labute approximate surface area is 107 Å². The summed E-state index contributed by atoms with van der Waals surface area (Å²) < 4.78 is 5.67. The van der Waals surface area contributed by atoms with E-state index in [-0.39, 0.29) is 5.54 Å². The van der Waals surface area contributed by atoms with Gasteiger partial charge in [-0.15, -0.1) is 0 Å². The quantitative estimate of drug-likeness (QED) is 0.706. The second kappa shape index (κ2) is 7.34. The van der Waals surface area contributed by atoms with E-state index < -0.39 is 0 Å². The molecule has 1 N–H and O–H groups in total. The molecule has 1 rings (SSSR count). The number of likely N-dealkylation sites (tertiary alicyclic amines) is 1. The van der Waals surface area contributed by atoms with E-state index in [9.17, 15) is 0 Å². The van der Waals surface area contributed by atoms with Gasteiger partial charge in [-0.05, 0) is 52.7 Å². The van der Waals surface area contributed by atoms with Gasteiger partial charge in [-0.2, -0.15) is 0 Å². The highest BCUT2D eigenvalue weighted by atomic mass is 16.5. The van der Waals surface area contributed by atoms with Crippen LogP contribution in [-0.2, 0) is 4.74 Å². The minimum Gasteiger partial charge on any atom is -0.380 e. The molecule has 0 radical (unpaired) electrons. The van der Waals surface area contributed by atoms with Crippen LogP contribution in [-0.4, -0.2) is 49.3 Å². The Hall–Kier alpha value is -0.120. The minimum absolute atomic E-state index is 0.238. The fourth-order valence-electron chi connectivity index (χ4n) is 2.86. The molecule has 3 heteroatoms. The van der Waals surface area contributed by atoms with Crippen molar-refractivity contribution in [1.82, 2.24) is 10.2 Å². The first-order valence-electron chi connectivity index (χ1n) is 7.25. The fourth-order valence-corrected chi connectivity index (χ4v) is 2.86. The molecule has 0 spiro atoms. The molecule has 17 heavy (non-hydrogen) atoms. The number of rotatable bonds is 8. The molecule has 1 saturated heterocycles. The normalized spacial score (nSPS) is 22.6. The minimum atomic E-state index is 0.238. The average Bonchev–Trinajstić information content (AvgIpc) is 2.87. The predicted octanol–water partition coefficient (Wildman–Crippen LogP) is 2.27. The lowest BCUT2D eigenvalue weighted by Gasteiger charge is -2.44. The first kappa shape index (κ1) is 14.9. The van der Waals surface area contributed by atoms with E-state index in [1.165, 1.54) is 32.4 Å². The summed E-state index contributed by atoms with van der Waals surface area (Å²) in [5, 5.41) is 3.62. The van der Waals surface area contributed by atoms with Crippen molar-refractivity contribution in [2.75, 3.05) is 32.8 Å². The van der Waals surface area contributed by atoms with E-state index in [2.05, 4.69) is 37.9 Å².